The number of carbonyl (C=O) groups is 2. The predicted molar refractivity (Wildman–Crippen MR) is 118 cm³/mol. The number of anilines is 2. The van der Waals surface area contributed by atoms with Gasteiger partial charge in [0.15, 0.2) is 0 Å². The summed E-state index contributed by atoms with van der Waals surface area (Å²) in [5, 5.41) is 3.01. The highest BCUT2D eigenvalue weighted by molar-refractivity contribution is 5.95. The van der Waals surface area contributed by atoms with Crippen molar-refractivity contribution in [3.63, 3.8) is 0 Å². The second-order valence-corrected chi connectivity index (χ2v) is 8.08. The van der Waals surface area contributed by atoms with Crippen molar-refractivity contribution >= 4 is 23.3 Å². The molecule has 3 amide bonds. The molecule has 1 saturated heterocycles. The standard InChI is InChI=1S/C24H29N3O3/c1-30-22-9-4-6-18(16-22)17-26-14-5-15-27(24(26)29)21-12-10-20(11-13-21)25-23(28)19-7-2-3-8-19/h4,6,9-13,16,19H,2-3,5,7-8,14-15,17H2,1H3,(H,25,28). The number of ether oxygens (including phenoxy) is 1. The van der Waals surface area contributed by atoms with Crippen molar-refractivity contribution in [1.82, 2.24) is 4.90 Å². The molecule has 1 heterocycles. The molecule has 158 valence electrons. The fourth-order valence-electron chi connectivity index (χ4n) is 4.32. The highest BCUT2D eigenvalue weighted by atomic mass is 16.5. The summed E-state index contributed by atoms with van der Waals surface area (Å²) in [6, 6.07) is 15.4. The average Bonchev–Trinajstić information content (AvgIpc) is 3.31. The number of urea groups is 1. The Bertz CT molecular complexity index is 891. The minimum Gasteiger partial charge on any atom is -0.497 e. The lowest BCUT2D eigenvalue weighted by molar-refractivity contribution is -0.119. The van der Waals surface area contributed by atoms with Crippen LogP contribution < -0.4 is 15.0 Å². The Labute approximate surface area is 177 Å². The van der Waals surface area contributed by atoms with Gasteiger partial charge in [-0.2, -0.15) is 0 Å². The van der Waals surface area contributed by atoms with E-state index in [0.29, 0.717) is 13.1 Å². The molecule has 0 radical (unpaired) electrons. The summed E-state index contributed by atoms with van der Waals surface area (Å²) in [5.41, 5.74) is 2.69. The van der Waals surface area contributed by atoms with Crippen LogP contribution in [-0.4, -0.2) is 37.0 Å². The van der Waals surface area contributed by atoms with Crippen LogP contribution in [0.25, 0.3) is 0 Å². The summed E-state index contributed by atoms with van der Waals surface area (Å²) in [7, 11) is 1.65. The monoisotopic (exact) mass is 407 g/mol. The van der Waals surface area contributed by atoms with E-state index in [1.807, 2.05) is 58.3 Å². The van der Waals surface area contributed by atoms with Crippen LogP contribution in [0.3, 0.4) is 0 Å². The Hall–Kier alpha value is -3.02. The Morgan fingerprint density at radius 3 is 2.57 bits per heavy atom. The first kappa shape index (κ1) is 20.3. The van der Waals surface area contributed by atoms with Crippen molar-refractivity contribution < 1.29 is 14.3 Å². The summed E-state index contributed by atoms with van der Waals surface area (Å²) in [4.78, 5) is 29.1. The van der Waals surface area contributed by atoms with E-state index in [1.54, 1.807) is 7.11 Å². The van der Waals surface area contributed by atoms with Crippen LogP contribution in [-0.2, 0) is 11.3 Å². The van der Waals surface area contributed by atoms with Gasteiger partial charge in [-0.25, -0.2) is 4.79 Å². The van der Waals surface area contributed by atoms with Crippen molar-refractivity contribution in [2.24, 2.45) is 5.92 Å². The third-order valence-electron chi connectivity index (χ3n) is 5.99. The molecule has 6 nitrogen and oxygen atoms in total. The Kier molecular flexibility index (Phi) is 6.21. The van der Waals surface area contributed by atoms with Gasteiger partial charge in [0.2, 0.25) is 5.91 Å². The zero-order valence-electron chi connectivity index (χ0n) is 17.5. The van der Waals surface area contributed by atoms with Gasteiger partial charge in [-0.05, 0) is 61.2 Å². The van der Waals surface area contributed by atoms with Gasteiger partial charge in [-0.3, -0.25) is 9.69 Å². The maximum absolute atomic E-state index is 13.1. The quantitative estimate of drug-likeness (QED) is 0.758. The van der Waals surface area contributed by atoms with Crippen LogP contribution in [0.2, 0.25) is 0 Å². The lowest BCUT2D eigenvalue weighted by atomic mass is 10.1. The van der Waals surface area contributed by atoms with Crippen molar-refractivity contribution in [1.29, 1.82) is 0 Å². The first-order valence-electron chi connectivity index (χ1n) is 10.7. The fraction of sp³-hybridized carbons (Fsp3) is 0.417. The van der Waals surface area contributed by atoms with E-state index < -0.39 is 0 Å². The molecule has 1 aliphatic carbocycles. The summed E-state index contributed by atoms with van der Waals surface area (Å²) in [6.07, 6.45) is 5.15. The Balaban J connectivity index is 1.40. The minimum atomic E-state index is 0.00631. The third-order valence-corrected chi connectivity index (χ3v) is 5.99. The highest BCUT2D eigenvalue weighted by Crippen LogP contribution is 2.27. The first-order valence-corrected chi connectivity index (χ1v) is 10.7. The molecule has 2 aromatic rings. The summed E-state index contributed by atoms with van der Waals surface area (Å²) in [6.45, 7) is 1.99. The average molecular weight is 408 g/mol. The van der Waals surface area contributed by atoms with Crippen LogP contribution in [0.5, 0.6) is 5.75 Å². The molecular formula is C24H29N3O3. The molecule has 4 rings (SSSR count). The van der Waals surface area contributed by atoms with Crippen LogP contribution in [0.15, 0.2) is 48.5 Å². The number of rotatable bonds is 6. The highest BCUT2D eigenvalue weighted by Gasteiger charge is 2.27. The number of nitrogens with one attached hydrogen (secondary N) is 1. The van der Waals surface area contributed by atoms with E-state index in [2.05, 4.69) is 5.32 Å². The van der Waals surface area contributed by atoms with Crippen molar-refractivity contribution in [2.75, 3.05) is 30.4 Å². The van der Waals surface area contributed by atoms with Gasteiger partial charge >= 0.3 is 6.03 Å². The summed E-state index contributed by atoms with van der Waals surface area (Å²) >= 11 is 0. The maximum atomic E-state index is 13.1. The molecule has 2 aliphatic rings. The number of hydrogen-bond donors (Lipinski definition) is 1. The van der Waals surface area contributed by atoms with E-state index in [1.165, 1.54) is 0 Å². The molecule has 2 fully saturated rings. The molecule has 2 aromatic carbocycles. The minimum absolute atomic E-state index is 0.00631. The van der Waals surface area contributed by atoms with Crippen LogP contribution in [0.1, 0.15) is 37.7 Å². The number of benzene rings is 2. The van der Waals surface area contributed by atoms with E-state index in [9.17, 15) is 9.59 Å². The normalized spacial score (nSPS) is 17.3. The van der Waals surface area contributed by atoms with Gasteiger partial charge in [0.25, 0.3) is 0 Å². The number of carbonyl (C=O) groups excluding carboxylic acids is 2. The van der Waals surface area contributed by atoms with Gasteiger partial charge < -0.3 is 15.0 Å². The molecular weight excluding hydrogens is 378 g/mol. The molecule has 1 N–H and O–H groups in total. The Morgan fingerprint density at radius 2 is 1.83 bits per heavy atom. The van der Waals surface area contributed by atoms with Crippen molar-refractivity contribution in [3.05, 3.63) is 54.1 Å². The predicted octanol–water partition coefficient (Wildman–Crippen LogP) is 4.66. The zero-order chi connectivity index (χ0) is 20.9. The molecule has 0 bridgehead atoms. The van der Waals surface area contributed by atoms with E-state index in [-0.39, 0.29) is 17.9 Å². The second kappa shape index (κ2) is 9.20. The Morgan fingerprint density at radius 1 is 1.07 bits per heavy atom. The lowest BCUT2D eigenvalue weighted by Crippen LogP contribution is -2.49. The molecule has 0 atom stereocenters. The molecule has 0 spiro atoms. The van der Waals surface area contributed by atoms with Gasteiger partial charge in [0.05, 0.1) is 7.11 Å². The summed E-state index contributed by atoms with van der Waals surface area (Å²) < 4.78 is 5.29. The summed E-state index contributed by atoms with van der Waals surface area (Å²) in [5.74, 6) is 1.04. The molecule has 6 heteroatoms. The largest absolute Gasteiger partial charge is 0.497 e. The van der Waals surface area contributed by atoms with Gasteiger partial charge in [0.1, 0.15) is 5.75 Å². The van der Waals surface area contributed by atoms with Gasteiger partial charge in [0, 0.05) is 36.9 Å². The number of amides is 3. The van der Waals surface area contributed by atoms with Crippen LogP contribution >= 0.6 is 0 Å². The molecule has 0 unspecified atom stereocenters. The fourth-order valence-corrected chi connectivity index (χ4v) is 4.32. The SMILES string of the molecule is COc1cccc(CN2CCCN(c3ccc(NC(=O)C4CCCC4)cc3)C2=O)c1. The van der Waals surface area contributed by atoms with Crippen LogP contribution in [0.4, 0.5) is 16.2 Å². The second-order valence-electron chi connectivity index (χ2n) is 8.08. The van der Waals surface area contributed by atoms with E-state index in [0.717, 1.165) is 61.3 Å². The first-order chi connectivity index (χ1) is 14.6. The number of methoxy groups -OCH3 is 1. The zero-order valence-corrected chi connectivity index (χ0v) is 17.5. The third kappa shape index (κ3) is 4.58. The van der Waals surface area contributed by atoms with Gasteiger partial charge in [-0.1, -0.05) is 25.0 Å². The van der Waals surface area contributed by atoms with E-state index >= 15 is 0 Å². The molecule has 0 aromatic heterocycles. The smallest absolute Gasteiger partial charge is 0.324 e. The molecule has 30 heavy (non-hydrogen) atoms. The molecule has 1 aliphatic heterocycles. The van der Waals surface area contributed by atoms with Crippen molar-refractivity contribution in [3.8, 4) is 5.75 Å². The molecule has 1 saturated carbocycles. The van der Waals surface area contributed by atoms with Crippen LogP contribution in [0, 0.1) is 5.92 Å². The lowest BCUT2D eigenvalue weighted by Gasteiger charge is -2.35. The number of nitrogens with zero attached hydrogens (tertiary/aromatic N) is 2. The maximum Gasteiger partial charge on any atom is 0.324 e. The number of hydrogen-bond acceptors (Lipinski definition) is 3. The topological polar surface area (TPSA) is 61.9 Å². The van der Waals surface area contributed by atoms with Gasteiger partial charge in [-0.15, -0.1) is 0 Å². The van der Waals surface area contributed by atoms with Crippen molar-refractivity contribution in [2.45, 2.75) is 38.6 Å². The van der Waals surface area contributed by atoms with E-state index in [4.69, 9.17) is 4.74 Å².